The molecule has 1 N–H and O–H groups in total. The number of nitrogens with zero attached hydrogens (tertiary/aromatic N) is 1. The average molecular weight is 341 g/mol. The van der Waals surface area contributed by atoms with E-state index in [0.717, 1.165) is 24.2 Å². The van der Waals surface area contributed by atoms with Crippen molar-refractivity contribution in [1.29, 1.82) is 0 Å². The Morgan fingerprint density at radius 2 is 2.14 bits per heavy atom. The first-order valence-corrected chi connectivity index (χ1v) is 8.14. The zero-order valence-electron chi connectivity index (χ0n) is 12.4. The number of amides is 2. The van der Waals surface area contributed by atoms with Gasteiger partial charge in [0.1, 0.15) is 4.33 Å². The van der Waals surface area contributed by atoms with E-state index in [2.05, 4.69) is 5.32 Å². The summed E-state index contributed by atoms with van der Waals surface area (Å²) < 4.78 is -0.957. The van der Waals surface area contributed by atoms with Gasteiger partial charge in [-0.1, -0.05) is 12.1 Å². The molecule has 1 aliphatic carbocycles. The van der Waals surface area contributed by atoms with E-state index in [9.17, 15) is 9.59 Å². The SMILES string of the molecule is CC1(C(=O)NCc2cccc(N3CCCC3=O)c2)CC1(Cl)Cl. The molecule has 2 fully saturated rings. The molecule has 1 heterocycles. The van der Waals surface area contributed by atoms with Gasteiger partial charge < -0.3 is 10.2 Å². The van der Waals surface area contributed by atoms with Gasteiger partial charge in [0.05, 0.1) is 5.41 Å². The molecule has 0 bridgehead atoms. The van der Waals surface area contributed by atoms with Gasteiger partial charge in [-0.3, -0.25) is 9.59 Å². The van der Waals surface area contributed by atoms with Gasteiger partial charge in [0, 0.05) is 25.2 Å². The number of rotatable bonds is 4. The lowest BCUT2D eigenvalue weighted by Crippen LogP contribution is -2.32. The second kappa shape index (κ2) is 5.43. The summed E-state index contributed by atoms with van der Waals surface area (Å²) in [6, 6.07) is 7.68. The summed E-state index contributed by atoms with van der Waals surface area (Å²) in [7, 11) is 0. The molecule has 118 valence electrons. The third-order valence-corrected chi connectivity index (χ3v) is 5.61. The Morgan fingerprint density at radius 3 is 2.73 bits per heavy atom. The fourth-order valence-electron chi connectivity index (χ4n) is 2.78. The minimum absolute atomic E-state index is 0.139. The minimum atomic E-state index is -0.957. The van der Waals surface area contributed by atoms with Crippen LogP contribution >= 0.6 is 23.2 Å². The summed E-state index contributed by atoms with van der Waals surface area (Å²) in [5, 5.41) is 2.87. The van der Waals surface area contributed by atoms with Crippen molar-refractivity contribution in [3.05, 3.63) is 29.8 Å². The highest BCUT2D eigenvalue weighted by molar-refractivity contribution is 6.53. The van der Waals surface area contributed by atoms with E-state index in [1.807, 2.05) is 24.3 Å². The zero-order chi connectivity index (χ0) is 16.0. The predicted octanol–water partition coefficient (Wildman–Crippen LogP) is 3.01. The number of carbonyl (C=O) groups is 2. The number of carbonyl (C=O) groups excluding carboxylic acids is 2. The van der Waals surface area contributed by atoms with E-state index in [0.29, 0.717) is 19.4 Å². The quantitative estimate of drug-likeness (QED) is 0.856. The summed E-state index contributed by atoms with van der Waals surface area (Å²) in [4.78, 5) is 25.7. The molecule has 4 nitrogen and oxygen atoms in total. The van der Waals surface area contributed by atoms with Gasteiger partial charge in [-0.05, 0) is 37.5 Å². The second-order valence-corrected chi connectivity index (χ2v) is 7.70. The van der Waals surface area contributed by atoms with Crippen molar-refractivity contribution in [2.75, 3.05) is 11.4 Å². The van der Waals surface area contributed by atoms with Crippen LogP contribution in [0.25, 0.3) is 0 Å². The number of anilines is 1. The van der Waals surface area contributed by atoms with Crippen LogP contribution in [-0.2, 0) is 16.1 Å². The van der Waals surface area contributed by atoms with Crippen LogP contribution in [0.5, 0.6) is 0 Å². The molecule has 0 spiro atoms. The third kappa shape index (κ3) is 2.70. The maximum absolute atomic E-state index is 12.2. The van der Waals surface area contributed by atoms with Gasteiger partial charge in [0.25, 0.3) is 0 Å². The molecular formula is C16H18Cl2N2O2. The summed E-state index contributed by atoms with van der Waals surface area (Å²) in [5.74, 6) is 0.0147. The number of benzene rings is 1. The molecule has 3 rings (SSSR count). The van der Waals surface area contributed by atoms with Crippen LogP contribution in [-0.4, -0.2) is 22.7 Å². The first-order valence-electron chi connectivity index (χ1n) is 7.39. The van der Waals surface area contributed by atoms with E-state index < -0.39 is 9.75 Å². The van der Waals surface area contributed by atoms with Crippen LogP contribution in [0.15, 0.2) is 24.3 Å². The van der Waals surface area contributed by atoms with Crippen LogP contribution in [0.2, 0.25) is 0 Å². The average Bonchev–Trinajstić information content (AvgIpc) is 2.82. The molecule has 2 aliphatic rings. The summed E-state index contributed by atoms with van der Waals surface area (Å²) in [6.45, 7) is 2.92. The highest BCUT2D eigenvalue weighted by Crippen LogP contribution is 2.63. The van der Waals surface area contributed by atoms with Gasteiger partial charge in [0.2, 0.25) is 11.8 Å². The van der Waals surface area contributed by atoms with Crippen LogP contribution in [0.3, 0.4) is 0 Å². The maximum Gasteiger partial charge on any atom is 0.229 e. The van der Waals surface area contributed by atoms with Crippen molar-refractivity contribution in [3.8, 4) is 0 Å². The molecule has 2 amide bonds. The van der Waals surface area contributed by atoms with Crippen molar-refractivity contribution < 1.29 is 9.59 Å². The van der Waals surface area contributed by atoms with Crippen molar-refractivity contribution >= 4 is 40.7 Å². The molecule has 1 unspecified atom stereocenters. The summed E-state index contributed by atoms with van der Waals surface area (Å²) in [5.41, 5.74) is 1.12. The Balaban J connectivity index is 1.64. The maximum atomic E-state index is 12.2. The first kappa shape index (κ1) is 15.6. The molecule has 1 aromatic carbocycles. The molecule has 1 atom stereocenters. The smallest absolute Gasteiger partial charge is 0.229 e. The number of alkyl halides is 2. The minimum Gasteiger partial charge on any atom is -0.351 e. The molecule has 1 aromatic rings. The molecule has 1 aliphatic heterocycles. The first-order chi connectivity index (χ1) is 10.3. The van der Waals surface area contributed by atoms with E-state index >= 15 is 0 Å². The molecular weight excluding hydrogens is 323 g/mol. The number of hydrogen-bond donors (Lipinski definition) is 1. The van der Waals surface area contributed by atoms with Crippen LogP contribution < -0.4 is 10.2 Å². The van der Waals surface area contributed by atoms with E-state index in [4.69, 9.17) is 23.2 Å². The van der Waals surface area contributed by atoms with Crippen LogP contribution in [0.1, 0.15) is 31.7 Å². The Morgan fingerprint density at radius 1 is 1.41 bits per heavy atom. The Kier molecular flexibility index (Phi) is 3.86. The molecule has 1 saturated carbocycles. The standard InChI is InChI=1S/C16H18Cl2N2O2/c1-15(10-16(15,17)18)14(22)19-9-11-4-2-5-12(8-11)20-7-3-6-13(20)21/h2,4-5,8H,3,6-7,9-10H2,1H3,(H,19,22). The van der Waals surface area contributed by atoms with Crippen molar-refractivity contribution in [2.24, 2.45) is 5.41 Å². The monoisotopic (exact) mass is 340 g/mol. The highest BCUT2D eigenvalue weighted by atomic mass is 35.5. The van der Waals surface area contributed by atoms with E-state index in [1.165, 1.54) is 0 Å². The fraction of sp³-hybridized carbons (Fsp3) is 0.500. The van der Waals surface area contributed by atoms with Crippen molar-refractivity contribution in [3.63, 3.8) is 0 Å². The molecule has 0 aromatic heterocycles. The summed E-state index contributed by atoms with van der Waals surface area (Å²) >= 11 is 12.0. The lowest BCUT2D eigenvalue weighted by molar-refractivity contribution is -0.126. The molecule has 0 radical (unpaired) electrons. The van der Waals surface area contributed by atoms with E-state index in [-0.39, 0.29) is 11.8 Å². The predicted molar refractivity (Wildman–Crippen MR) is 87.0 cm³/mol. The zero-order valence-corrected chi connectivity index (χ0v) is 13.9. The second-order valence-electron chi connectivity index (χ2n) is 6.21. The van der Waals surface area contributed by atoms with Gasteiger partial charge >= 0.3 is 0 Å². The largest absolute Gasteiger partial charge is 0.351 e. The highest BCUT2D eigenvalue weighted by Gasteiger charge is 2.67. The van der Waals surface area contributed by atoms with Gasteiger partial charge in [0.15, 0.2) is 0 Å². The topological polar surface area (TPSA) is 49.4 Å². The van der Waals surface area contributed by atoms with Gasteiger partial charge in [-0.2, -0.15) is 0 Å². The Labute approximate surface area is 139 Å². The Hall–Kier alpha value is -1.26. The number of nitrogens with one attached hydrogen (secondary N) is 1. The summed E-state index contributed by atoms with van der Waals surface area (Å²) in [6.07, 6.45) is 1.97. The number of hydrogen-bond acceptors (Lipinski definition) is 2. The molecule has 22 heavy (non-hydrogen) atoms. The lowest BCUT2D eigenvalue weighted by Gasteiger charge is -2.17. The Bertz CT molecular complexity index is 632. The fourth-order valence-corrected chi connectivity index (χ4v) is 3.49. The van der Waals surface area contributed by atoms with Gasteiger partial charge in [-0.15, -0.1) is 23.2 Å². The third-order valence-electron chi connectivity index (χ3n) is 4.51. The number of halogens is 2. The van der Waals surface area contributed by atoms with Gasteiger partial charge in [-0.25, -0.2) is 0 Å². The van der Waals surface area contributed by atoms with Crippen molar-refractivity contribution in [1.82, 2.24) is 5.32 Å². The van der Waals surface area contributed by atoms with Crippen LogP contribution in [0.4, 0.5) is 5.69 Å². The van der Waals surface area contributed by atoms with E-state index in [1.54, 1.807) is 11.8 Å². The molecule has 6 heteroatoms. The van der Waals surface area contributed by atoms with Crippen LogP contribution in [0, 0.1) is 5.41 Å². The molecule has 1 saturated heterocycles. The lowest BCUT2D eigenvalue weighted by atomic mass is 10.1. The normalized spacial score (nSPS) is 26.1. The van der Waals surface area contributed by atoms with Crippen molar-refractivity contribution in [2.45, 2.75) is 37.1 Å².